The third-order valence-electron chi connectivity index (χ3n) is 3.68. The van der Waals surface area contributed by atoms with Gasteiger partial charge in [-0.05, 0) is 26.0 Å². The highest BCUT2D eigenvalue weighted by Crippen LogP contribution is 2.21. The molecule has 1 unspecified atom stereocenters. The molecule has 6 nitrogen and oxygen atoms in total. The molecule has 1 atom stereocenters. The summed E-state index contributed by atoms with van der Waals surface area (Å²) < 4.78 is 5.28. The summed E-state index contributed by atoms with van der Waals surface area (Å²) in [5.74, 6) is 1.65. The Balaban J connectivity index is 0.00000338. The standard InChI is InChI=1S/C18H28N4O2S.HI/c1-5-19-17(21-12-18(4,23)15-7-6-10-24-15)20-9-8-14-11-25-16(22-14)13(2)3;/h6-7,10-11,13,23H,5,8-9,12H2,1-4H3,(H2,19,20,21);1H. The van der Waals surface area contributed by atoms with E-state index in [1.165, 1.54) is 5.01 Å². The van der Waals surface area contributed by atoms with Crippen LogP contribution in [0.3, 0.4) is 0 Å². The summed E-state index contributed by atoms with van der Waals surface area (Å²) in [5.41, 5.74) is -0.0351. The van der Waals surface area contributed by atoms with E-state index >= 15 is 0 Å². The fourth-order valence-corrected chi connectivity index (χ4v) is 3.12. The van der Waals surface area contributed by atoms with Gasteiger partial charge in [-0.1, -0.05) is 13.8 Å². The van der Waals surface area contributed by atoms with Gasteiger partial charge < -0.3 is 20.2 Å². The quantitative estimate of drug-likeness (QED) is 0.299. The Hall–Kier alpha value is -1.13. The molecule has 3 N–H and O–H groups in total. The monoisotopic (exact) mass is 492 g/mol. The molecule has 0 aromatic carbocycles. The third kappa shape index (κ3) is 6.88. The zero-order valence-corrected chi connectivity index (χ0v) is 18.9. The number of aliphatic imine (C=N–C) groups is 1. The number of halogens is 1. The fraction of sp³-hybridized carbons (Fsp3) is 0.556. The van der Waals surface area contributed by atoms with Crippen molar-refractivity contribution in [1.29, 1.82) is 0 Å². The summed E-state index contributed by atoms with van der Waals surface area (Å²) in [5, 5.41) is 20.2. The molecule has 0 aliphatic carbocycles. The highest BCUT2D eigenvalue weighted by Gasteiger charge is 2.26. The minimum Gasteiger partial charge on any atom is -0.466 e. The highest BCUT2D eigenvalue weighted by atomic mass is 127. The van der Waals surface area contributed by atoms with Crippen molar-refractivity contribution in [3.05, 3.63) is 40.2 Å². The smallest absolute Gasteiger partial charge is 0.191 e. The predicted molar refractivity (Wildman–Crippen MR) is 118 cm³/mol. The highest BCUT2D eigenvalue weighted by molar-refractivity contribution is 14.0. The van der Waals surface area contributed by atoms with Crippen LogP contribution in [0.15, 0.2) is 33.2 Å². The minimum atomic E-state index is -1.13. The van der Waals surface area contributed by atoms with Gasteiger partial charge in [0, 0.05) is 30.8 Å². The summed E-state index contributed by atoms with van der Waals surface area (Å²) in [7, 11) is 0. The average molecular weight is 492 g/mol. The van der Waals surface area contributed by atoms with Crippen molar-refractivity contribution < 1.29 is 9.52 Å². The fourth-order valence-electron chi connectivity index (χ4n) is 2.25. The zero-order chi connectivity index (χ0) is 18.3. The van der Waals surface area contributed by atoms with E-state index in [1.54, 1.807) is 36.7 Å². The molecule has 8 heteroatoms. The van der Waals surface area contributed by atoms with E-state index in [0.29, 0.717) is 17.6 Å². The Morgan fingerprint density at radius 3 is 2.77 bits per heavy atom. The second kappa shape index (κ2) is 10.9. The van der Waals surface area contributed by atoms with Crippen LogP contribution in [0.25, 0.3) is 0 Å². The number of aromatic nitrogens is 1. The second-order valence-electron chi connectivity index (χ2n) is 6.45. The van der Waals surface area contributed by atoms with Gasteiger partial charge in [-0.15, -0.1) is 35.3 Å². The number of nitrogens with zero attached hydrogens (tertiary/aromatic N) is 2. The van der Waals surface area contributed by atoms with Gasteiger partial charge in [0.15, 0.2) is 5.96 Å². The first-order chi connectivity index (χ1) is 11.9. The Bertz CT molecular complexity index is 669. The zero-order valence-electron chi connectivity index (χ0n) is 15.8. The Labute approximate surface area is 176 Å². The SMILES string of the molecule is CCNC(=NCC(C)(O)c1ccco1)NCCc1csc(C(C)C)n1.I. The Morgan fingerprint density at radius 2 is 2.19 bits per heavy atom. The maximum absolute atomic E-state index is 10.5. The van der Waals surface area contributed by atoms with Crippen LogP contribution in [0.2, 0.25) is 0 Å². The normalized spacial score (nSPS) is 14.0. The van der Waals surface area contributed by atoms with Crippen molar-refractivity contribution in [2.24, 2.45) is 4.99 Å². The lowest BCUT2D eigenvalue weighted by molar-refractivity contribution is 0.0437. The largest absolute Gasteiger partial charge is 0.466 e. The molecule has 0 amide bonds. The predicted octanol–water partition coefficient (Wildman–Crippen LogP) is 3.48. The molecule has 0 aliphatic rings. The third-order valence-corrected chi connectivity index (χ3v) is 4.87. The van der Waals surface area contributed by atoms with Crippen molar-refractivity contribution >= 4 is 41.3 Å². The van der Waals surface area contributed by atoms with Crippen molar-refractivity contribution in [2.75, 3.05) is 19.6 Å². The molecule has 146 valence electrons. The summed E-state index contributed by atoms with van der Waals surface area (Å²) in [4.78, 5) is 9.11. The molecule has 26 heavy (non-hydrogen) atoms. The van der Waals surface area contributed by atoms with E-state index in [4.69, 9.17) is 4.42 Å². The number of hydrogen-bond acceptors (Lipinski definition) is 5. The van der Waals surface area contributed by atoms with Gasteiger partial charge in [0.1, 0.15) is 11.4 Å². The van der Waals surface area contributed by atoms with Crippen LogP contribution in [0.4, 0.5) is 0 Å². The van der Waals surface area contributed by atoms with Crippen LogP contribution in [0, 0.1) is 0 Å². The van der Waals surface area contributed by atoms with E-state index in [1.807, 2.05) is 6.92 Å². The maximum atomic E-state index is 10.5. The molecule has 0 saturated heterocycles. The molecule has 0 radical (unpaired) electrons. The summed E-state index contributed by atoms with van der Waals surface area (Å²) >= 11 is 1.71. The van der Waals surface area contributed by atoms with Gasteiger partial charge in [0.05, 0.1) is 23.5 Å². The number of rotatable bonds is 8. The molecular weight excluding hydrogens is 463 g/mol. The molecule has 0 fully saturated rings. The average Bonchev–Trinajstić information content (AvgIpc) is 3.24. The Kier molecular flexibility index (Phi) is 9.59. The van der Waals surface area contributed by atoms with E-state index in [2.05, 4.69) is 39.8 Å². The van der Waals surface area contributed by atoms with Gasteiger partial charge in [-0.3, -0.25) is 0 Å². The molecule has 2 heterocycles. The first kappa shape index (κ1) is 22.9. The lowest BCUT2D eigenvalue weighted by atomic mass is 10.0. The van der Waals surface area contributed by atoms with Crippen molar-refractivity contribution in [3.63, 3.8) is 0 Å². The maximum Gasteiger partial charge on any atom is 0.191 e. The molecule has 0 saturated carbocycles. The number of furan rings is 1. The lowest BCUT2D eigenvalue weighted by Crippen LogP contribution is -2.39. The van der Waals surface area contributed by atoms with E-state index < -0.39 is 5.60 Å². The molecule has 2 rings (SSSR count). The number of nitrogens with one attached hydrogen (secondary N) is 2. The van der Waals surface area contributed by atoms with Gasteiger partial charge in [-0.25, -0.2) is 9.98 Å². The summed E-state index contributed by atoms with van der Waals surface area (Å²) in [6.07, 6.45) is 2.39. The van der Waals surface area contributed by atoms with Crippen molar-refractivity contribution in [3.8, 4) is 0 Å². The summed E-state index contributed by atoms with van der Waals surface area (Å²) in [6, 6.07) is 3.51. The second-order valence-corrected chi connectivity index (χ2v) is 7.34. The van der Waals surface area contributed by atoms with E-state index in [9.17, 15) is 5.11 Å². The van der Waals surface area contributed by atoms with Crippen LogP contribution in [-0.2, 0) is 12.0 Å². The molecule has 2 aromatic rings. The lowest BCUT2D eigenvalue weighted by Gasteiger charge is -2.19. The van der Waals surface area contributed by atoms with Crippen molar-refractivity contribution in [2.45, 2.75) is 45.6 Å². The minimum absolute atomic E-state index is 0. The van der Waals surface area contributed by atoms with Gasteiger partial charge in [-0.2, -0.15) is 0 Å². The molecule has 0 aliphatic heterocycles. The Morgan fingerprint density at radius 1 is 1.42 bits per heavy atom. The van der Waals surface area contributed by atoms with Gasteiger partial charge >= 0.3 is 0 Å². The number of aliphatic hydroxyl groups is 1. The first-order valence-corrected chi connectivity index (χ1v) is 9.53. The number of thiazole rings is 1. The van der Waals surface area contributed by atoms with Crippen LogP contribution < -0.4 is 10.6 Å². The van der Waals surface area contributed by atoms with Crippen LogP contribution >= 0.6 is 35.3 Å². The molecule has 2 aromatic heterocycles. The molecule has 0 bridgehead atoms. The molecule has 0 spiro atoms. The van der Waals surface area contributed by atoms with Crippen LogP contribution in [0.1, 0.15) is 50.1 Å². The van der Waals surface area contributed by atoms with Crippen molar-refractivity contribution in [1.82, 2.24) is 15.6 Å². The van der Waals surface area contributed by atoms with Gasteiger partial charge in [0.25, 0.3) is 0 Å². The van der Waals surface area contributed by atoms with Crippen LogP contribution in [0.5, 0.6) is 0 Å². The van der Waals surface area contributed by atoms with Gasteiger partial charge in [0.2, 0.25) is 0 Å². The first-order valence-electron chi connectivity index (χ1n) is 8.65. The number of guanidine groups is 1. The van der Waals surface area contributed by atoms with E-state index in [0.717, 1.165) is 25.2 Å². The van der Waals surface area contributed by atoms with Crippen LogP contribution in [-0.4, -0.2) is 35.7 Å². The number of hydrogen-bond donors (Lipinski definition) is 3. The molecular formula is C18H29IN4O2S. The summed E-state index contributed by atoms with van der Waals surface area (Å²) in [6.45, 7) is 9.71. The topological polar surface area (TPSA) is 82.7 Å². The van der Waals surface area contributed by atoms with E-state index in [-0.39, 0.29) is 30.5 Å².